The maximum Gasteiger partial charge on any atom is 0.432 e. The fraction of sp³-hybridized carbons (Fsp3) is 0.375. The second kappa shape index (κ2) is 3.94. The molecule has 0 aromatic carbocycles. The molecule has 0 aliphatic carbocycles. The number of halogens is 7. The third-order valence-electron chi connectivity index (χ3n) is 1.99. The Morgan fingerprint density at radius 2 is 1.59 bits per heavy atom. The van der Waals surface area contributed by atoms with E-state index < -0.39 is 33.8 Å². The van der Waals surface area contributed by atoms with Crippen molar-refractivity contribution in [2.24, 2.45) is 7.05 Å². The second-order valence-electron chi connectivity index (χ2n) is 3.05. The summed E-state index contributed by atoms with van der Waals surface area (Å²) in [6, 6.07) is 1.12. The number of aromatic nitrogens is 1. The maximum absolute atomic E-state index is 12.5. The zero-order valence-electron chi connectivity index (χ0n) is 8.04. The fourth-order valence-corrected chi connectivity index (χ4v) is 2.26. The first-order valence-corrected chi connectivity index (χ1v) is 4.73. The molecule has 2 nitrogen and oxygen atoms in total. The van der Waals surface area contributed by atoms with Gasteiger partial charge in [-0.1, -0.05) is 0 Å². The van der Waals surface area contributed by atoms with Crippen LogP contribution in [-0.2, 0) is 19.4 Å². The summed E-state index contributed by atoms with van der Waals surface area (Å²) in [5.41, 5.74) is -4.24. The average Bonchev–Trinajstić information content (AvgIpc) is 2.34. The van der Waals surface area contributed by atoms with Gasteiger partial charge in [-0.2, -0.15) is 31.6 Å². The van der Waals surface area contributed by atoms with Crippen molar-refractivity contribution in [3.63, 3.8) is 0 Å². The van der Waals surface area contributed by atoms with Gasteiger partial charge in [0.2, 0.25) is 0 Å². The molecule has 0 bridgehead atoms. The largest absolute Gasteiger partial charge is 0.432 e. The summed E-state index contributed by atoms with van der Waals surface area (Å²) in [6.45, 7) is 0. The molecule has 0 saturated carbocycles. The summed E-state index contributed by atoms with van der Waals surface area (Å²) in [7, 11) is 0.751. The summed E-state index contributed by atoms with van der Waals surface area (Å²) in [4.78, 5) is 0. The first-order chi connectivity index (χ1) is 7.51. The van der Waals surface area contributed by atoms with Crippen LogP contribution in [0.4, 0.5) is 26.3 Å². The summed E-state index contributed by atoms with van der Waals surface area (Å²) >= 11 is 2.25. The lowest BCUT2D eigenvalue weighted by molar-refractivity contribution is -0.145. The lowest BCUT2D eigenvalue weighted by atomic mass is 10.2. The molecular formula is C8H3BrF6N2. The molecule has 0 spiro atoms. The minimum Gasteiger partial charge on any atom is -0.330 e. The molecule has 0 atom stereocenters. The summed E-state index contributed by atoms with van der Waals surface area (Å²) in [5, 5.41) is 8.51. The topological polar surface area (TPSA) is 28.7 Å². The van der Waals surface area contributed by atoms with Gasteiger partial charge in [0, 0.05) is 7.05 Å². The van der Waals surface area contributed by atoms with Gasteiger partial charge in [0.05, 0.1) is 4.47 Å². The molecule has 0 unspecified atom stereocenters. The van der Waals surface area contributed by atoms with E-state index in [1.165, 1.54) is 0 Å². The van der Waals surface area contributed by atoms with Crippen molar-refractivity contribution in [1.82, 2.24) is 4.57 Å². The van der Waals surface area contributed by atoms with Crippen LogP contribution in [0, 0.1) is 11.3 Å². The standard InChI is InChI=1S/C8H3BrF6N2/c1-17-3(2-16)4(7(10,11)12)5(9)6(17)8(13,14)15/h1H3. The van der Waals surface area contributed by atoms with E-state index in [0.29, 0.717) is 0 Å². The minimum atomic E-state index is -5.04. The van der Waals surface area contributed by atoms with Gasteiger partial charge in [-0.15, -0.1) is 0 Å². The van der Waals surface area contributed by atoms with Gasteiger partial charge in [0.15, 0.2) is 0 Å². The molecule has 1 aromatic rings. The minimum absolute atomic E-state index is 0.174. The Labute approximate surface area is 99.6 Å². The Morgan fingerprint density at radius 3 is 1.82 bits per heavy atom. The highest BCUT2D eigenvalue weighted by Crippen LogP contribution is 2.45. The van der Waals surface area contributed by atoms with Crippen molar-refractivity contribution < 1.29 is 26.3 Å². The Hall–Kier alpha value is -1.17. The molecule has 1 rings (SSSR count). The molecule has 9 heteroatoms. The average molecular weight is 321 g/mol. The van der Waals surface area contributed by atoms with Crippen molar-refractivity contribution in [2.45, 2.75) is 12.4 Å². The van der Waals surface area contributed by atoms with E-state index in [4.69, 9.17) is 5.26 Å². The van der Waals surface area contributed by atoms with Crippen LogP contribution >= 0.6 is 15.9 Å². The van der Waals surface area contributed by atoms with Crippen molar-refractivity contribution in [3.05, 3.63) is 21.4 Å². The number of nitriles is 1. The number of nitrogens with zero attached hydrogens (tertiary/aromatic N) is 2. The Kier molecular flexibility index (Phi) is 3.22. The molecular weight excluding hydrogens is 318 g/mol. The quantitative estimate of drug-likeness (QED) is 0.670. The van der Waals surface area contributed by atoms with Gasteiger partial charge < -0.3 is 4.57 Å². The third kappa shape index (κ3) is 2.26. The van der Waals surface area contributed by atoms with Crippen LogP contribution in [0.1, 0.15) is 17.0 Å². The summed E-state index contributed by atoms with van der Waals surface area (Å²) < 4.78 is 74.1. The Balaban J connectivity index is 3.72. The normalized spacial score (nSPS) is 12.6. The van der Waals surface area contributed by atoms with Crippen LogP contribution in [0.2, 0.25) is 0 Å². The van der Waals surface area contributed by atoms with E-state index in [0.717, 1.165) is 13.1 Å². The molecule has 0 aliphatic heterocycles. The van der Waals surface area contributed by atoms with Crippen molar-refractivity contribution in [2.75, 3.05) is 0 Å². The monoisotopic (exact) mass is 320 g/mol. The predicted octanol–water partition coefficient (Wildman–Crippen LogP) is 3.70. The van der Waals surface area contributed by atoms with Crippen LogP contribution in [-0.4, -0.2) is 4.57 Å². The Morgan fingerprint density at radius 1 is 1.12 bits per heavy atom. The molecule has 94 valence electrons. The van der Waals surface area contributed by atoms with E-state index in [1.54, 1.807) is 0 Å². The van der Waals surface area contributed by atoms with Gasteiger partial charge in [0.25, 0.3) is 0 Å². The molecule has 1 heterocycles. The van der Waals surface area contributed by atoms with Gasteiger partial charge in [-0.25, -0.2) is 0 Å². The SMILES string of the molecule is Cn1c(C#N)c(C(F)(F)F)c(Br)c1C(F)(F)F. The second-order valence-corrected chi connectivity index (χ2v) is 3.85. The zero-order chi connectivity index (χ0) is 13.6. The third-order valence-corrected chi connectivity index (χ3v) is 2.76. The molecule has 0 saturated heterocycles. The molecule has 0 amide bonds. The van der Waals surface area contributed by atoms with Crippen molar-refractivity contribution >= 4 is 15.9 Å². The molecule has 0 radical (unpaired) electrons. The zero-order valence-corrected chi connectivity index (χ0v) is 9.63. The lowest BCUT2D eigenvalue weighted by Crippen LogP contribution is -2.12. The van der Waals surface area contributed by atoms with E-state index in [-0.39, 0.29) is 4.57 Å². The van der Waals surface area contributed by atoms with E-state index >= 15 is 0 Å². The van der Waals surface area contributed by atoms with Crippen molar-refractivity contribution in [3.8, 4) is 6.07 Å². The smallest absolute Gasteiger partial charge is 0.330 e. The maximum atomic E-state index is 12.5. The molecule has 1 aromatic heterocycles. The first-order valence-electron chi connectivity index (χ1n) is 3.94. The molecule has 17 heavy (non-hydrogen) atoms. The Bertz CT molecular complexity index is 490. The molecule has 0 aliphatic rings. The summed E-state index contributed by atoms with van der Waals surface area (Å²) in [6.07, 6.45) is -10.0. The van der Waals surface area contributed by atoms with Crippen LogP contribution in [0.3, 0.4) is 0 Å². The number of hydrogen-bond acceptors (Lipinski definition) is 1. The van der Waals surface area contributed by atoms with E-state index in [9.17, 15) is 26.3 Å². The first kappa shape index (κ1) is 13.9. The van der Waals surface area contributed by atoms with Gasteiger partial charge in [0.1, 0.15) is 23.0 Å². The summed E-state index contributed by atoms with van der Waals surface area (Å²) in [5.74, 6) is 0. The van der Waals surface area contributed by atoms with Crippen molar-refractivity contribution in [1.29, 1.82) is 5.26 Å². The van der Waals surface area contributed by atoms with E-state index in [1.807, 2.05) is 0 Å². The highest BCUT2D eigenvalue weighted by Gasteiger charge is 2.46. The van der Waals surface area contributed by atoms with Crippen LogP contribution in [0.25, 0.3) is 0 Å². The number of rotatable bonds is 0. The van der Waals surface area contributed by atoms with Gasteiger partial charge >= 0.3 is 12.4 Å². The van der Waals surface area contributed by atoms with Crippen LogP contribution < -0.4 is 0 Å². The number of hydrogen-bond donors (Lipinski definition) is 0. The number of alkyl halides is 6. The van der Waals surface area contributed by atoms with Gasteiger partial charge in [-0.3, -0.25) is 0 Å². The molecule has 0 N–H and O–H groups in total. The highest BCUT2D eigenvalue weighted by molar-refractivity contribution is 9.10. The fourth-order valence-electron chi connectivity index (χ4n) is 1.35. The van der Waals surface area contributed by atoms with Gasteiger partial charge in [-0.05, 0) is 15.9 Å². The lowest BCUT2D eigenvalue weighted by Gasteiger charge is -2.08. The van der Waals surface area contributed by atoms with Crippen LogP contribution in [0.5, 0.6) is 0 Å². The highest BCUT2D eigenvalue weighted by atomic mass is 79.9. The van der Waals surface area contributed by atoms with E-state index in [2.05, 4.69) is 15.9 Å². The predicted molar refractivity (Wildman–Crippen MR) is 47.8 cm³/mol. The molecule has 0 fully saturated rings. The van der Waals surface area contributed by atoms with Crippen LogP contribution in [0.15, 0.2) is 4.47 Å².